The predicted octanol–water partition coefficient (Wildman–Crippen LogP) is 3.06. The summed E-state index contributed by atoms with van der Waals surface area (Å²) in [5.41, 5.74) is 8.01. The Bertz CT molecular complexity index is 292. The van der Waals surface area contributed by atoms with Crippen LogP contribution < -0.4 is 5.73 Å². The average molecular weight is 206 g/mol. The van der Waals surface area contributed by atoms with E-state index in [-0.39, 0.29) is 0 Å². The Balaban J connectivity index is 2.90. The van der Waals surface area contributed by atoms with Crippen molar-refractivity contribution in [1.82, 2.24) is 4.90 Å². The molecule has 0 radical (unpaired) electrons. The smallest absolute Gasteiger partial charge is 0.0346 e. The van der Waals surface area contributed by atoms with Crippen molar-refractivity contribution in [2.75, 3.05) is 18.8 Å². The van der Waals surface area contributed by atoms with E-state index >= 15 is 0 Å². The minimum atomic E-state index is 0.503. The summed E-state index contributed by atoms with van der Waals surface area (Å²) in [6.07, 6.45) is 1.13. The van der Waals surface area contributed by atoms with Gasteiger partial charge in [-0.15, -0.1) is 0 Å². The second-order valence-electron chi connectivity index (χ2n) is 3.82. The molecule has 2 N–H and O–H groups in total. The van der Waals surface area contributed by atoms with Gasteiger partial charge in [0.1, 0.15) is 0 Å². The number of nitrogen functional groups attached to an aromatic ring is 1. The van der Waals surface area contributed by atoms with Gasteiger partial charge in [0.25, 0.3) is 0 Å². The van der Waals surface area contributed by atoms with Gasteiger partial charge in [-0.05, 0) is 37.2 Å². The highest BCUT2D eigenvalue weighted by Crippen LogP contribution is 2.24. The summed E-state index contributed by atoms with van der Waals surface area (Å²) in [6.45, 7) is 8.82. The minimum Gasteiger partial charge on any atom is -0.399 e. The number of rotatable bonds is 5. The van der Waals surface area contributed by atoms with Crippen LogP contribution in [0.3, 0.4) is 0 Å². The first kappa shape index (κ1) is 12.1. The van der Waals surface area contributed by atoms with Gasteiger partial charge in [-0.25, -0.2) is 0 Å². The fraction of sp³-hybridized carbons (Fsp3) is 0.538. The monoisotopic (exact) mass is 206 g/mol. The fourth-order valence-electron chi connectivity index (χ4n) is 2.14. The second-order valence-corrected chi connectivity index (χ2v) is 3.82. The van der Waals surface area contributed by atoms with Crippen molar-refractivity contribution in [1.29, 1.82) is 0 Å². The molecule has 0 aliphatic heterocycles. The van der Waals surface area contributed by atoms with Crippen molar-refractivity contribution in [2.45, 2.75) is 33.2 Å². The normalized spacial score (nSPS) is 13.1. The van der Waals surface area contributed by atoms with Crippen LogP contribution in [-0.2, 0) is 0 Å². The van der Waals surface area contributed by atoms with E-state index in [1.807, 2.05) is 12.1 Å². The number of nitrogens with two attached hydrogens (primary N) is 1. The van der Waals surface area contributed by atoms with Crippen molar-refractivity contribution in [3.05, 3.63) is 29.8 Å². The van der Waals surface area contributed by atoms with Crippen molar-refractivity contribution >= 4 is 5.69 Å². The van der Waals surface area contributed by atoms with Gasteiger partial charge in [0.05, 0.1) is 0 Å². The van der Waals surface area contributed by atoms with Crippen LogP contribution in [0.4, 0.5) is 5.69 Å². The molecule has 0 aliphatic rings. The molecule has 0 aliphatic carbocycles. The lowest BCUT2D eigenvalue weighted by atomic mass is 10.0. The number of hydrogen-bond donors (Lipinski definition) is 1. The number of benzene rings is 1. The molecule has 0 saturated carbocycles. The Morgan fingerprint density at radius 3 is 2.33 bits per heavy atom. The summed E-state index contributed by atoms with van der Waals surface area (Å²) in [5, 5.41) is 0. The van der Waals surface area contributed by atoms with E-state index < -0.39 is 0 Å². The third kappa shape index (κ3) is 2.96. The van der Waals surface area contributed by atoms with Crippen LogP contribution in [0.1, 0.15) is 38.8 Å². The number of nitrogens with zero attached hydrogens (tertiary/aromatic N) is 1. The van der Waals surface area contributed by atoms with Crippen LogP contribution in [0.25, 0.3) is 0 Å². The zero-order valence-electron chi connectivity index (χ0n) is 10.0. The lowest BCUT2D eigenvalue weighted by Gasteiger charge is -2.29. The Labute approximate surface area is 93.1 Å². The Hall–Kier alpha value is -1.02. The minimum absolute atomic E-state index is 0.503. The Morgan fingerprint density at radius 2 is 1.87 bits per heavy atom. The lowest BCUT2D eigenvalue weighted by Crippen LogP contribution is -2.28. The summed E-state index contributed by atoms with van der Waals surface area (Å²) in [7, 11) is 0. The molecular formula is C13H22N2. The van der Waals surface area contributed by atoms with Crippen LogP contribution in [0.2, 0.25) is 0 Å². The van der Waals surface area contributed by atoms with E-state index in [0.717, 1.165) is 25.2 Å². The highest BCUT2D eigenvalue weighted by atomic mass is 15.1. The molecule has 0 saturated heterocycles. The fourth-order valence-corrected chi connectivity index (χ4v) is 2.14. The third-order valence-corrected chi connectivity index (χ3v) is 2.94. The van der Waals surface area contributed by atoms with Gasteiger partial charge in [-0.1, -0.05) is 32.9 Å². The molecule has 0 heterocycles. The molecule has 1 aromatic rings. The first-order valence-corrected chi connectivity index (χ1v) is 5.82. The third-order valence-electron chi connectivity index (χ3n) is 2.94. The Morgan fingerprint density at radius 1 is 1.20 bits per heavy atom. The first-order chi connectivity index (χ1) is 7.22. The summed E-state index contributed by atoms with van der Waals surface area (Å²) in [6, 6.07) is 8.74. The second kappa shape index (κ2) is 5.76. The zero-order chi connectivity index (χ0) is 11.3. The molecule has 15 heavy (non-hydrogen) atoms. The van der Waals surface area contributed by atoms with E-state index in [0.29, 0.717) is 6.04 Å². The SMILES string of the molecule is CCC(c1cccc(N)c1)N(CC)CC. The molecule has 0 bridgehead atoms. The van der Waals surface area contributed by atoms with E-state index in [1.54, 1.807) is 0 Å². The van der Waals surface area contributed by atoms with Crippen LogP contribution in [0.15, 0.2) is 24.3 Å². The molecule has 1 unspecified atom stereocenters. The molecule has 0 fully saturated rings. The van der Waals surface area contributed by atoms with Gasteiger partial charge in [0, 0.05) is 11.7 Å². The summed E-state index contributed by atoms with van der Waals surface area (Å²) >= 11 is 0. The van der Waals surface area contributed by atoms with Crippen molar-refractivity contribution < 1.29 is 0 Å². The molecule has 0 amide bonds. The van der Waals surface area contributed by atoms with Crippen LogP contribution in [-0.4, -0.2) is 18.0 Å². The summed E-state index contributed by atoms with van der Waals surface area (Å²) in [4.78, 5) is 2.47. The van der Waals surface area contributed by atoms with Crippen molar-refractivity contribution in [3.8, 4) is 0 Å². The van der Waals surface area contributed by atoms with E-state index in [2.05, 4.69) is 37.8 Å². The molecule has 1 aromatic carbocycles. The van der Waals surface area contributed by atoms with Gasteiger partial charge >= 0.3 is 0 Å². The molecule has 2 nitrogen and oxygen atoms in total. The highest BCUT2D eigenvalue weighted by molar-refractivity contribution is 5.41. The van der Waals surface area contributed by atoms with Gasteiger partial charge in [0.15, 0.2) is 0 Å². The molecule has 84 valence electrons. The van der Waals surface area contributed by atoms with Crippen molar-refractivity contribution in [2.24, 2.45) is 0 Å². The van der Waals surface area contributed by atoms with Crippen molar-refractivity contribution in [3.63, 3.8) is 0 Å². The first-order valence-electron chi connectivity index (χ1n) is 5.82. The standard InChI is InChI=1S/C13H22N2/c1-4-13(15(5-2)6-3)11-8-7-9-12(14)10-11/h7-10,13H,4-6,14H2,1-3H3. The molecule has 0 spiro atoms. The van der Waals surface area contributed by atoms with E-state index in [1.165, 1.54) is 5.56 Å². The maximum atomic E-state index is 5.82. The van der Waals surface area contributed by atoms with Crippen LogP contribution in [0, 0.1) is 0 Å². The topological polar surface area (TPSA) is 29.3 Å². The van der Waals surface area contributed by atoms with Crippen LogP contribution in [0.5, 0.6) is 0 Å². The van der Waals surface area contributed by atoms with Crippen LogP contribution >= 0.6 is 0 Å². The van der Waals surface area contributed by atoms with Gasteiger partial charge in [-0.3, -0.25) is 4.90 Å². The summed E-state index contributed by atoms with van der Waals surface area (Å²) in [5.74, 6) is 0. The van der Waals surface area contributed by atoms with E-state index in [9.17, 15) is 0 Å². The molecule has 2 heteroatoms. The summed E-state index contributed by atoms with van der Waals surface area (Å²) < 4.78 is 0. The van der Waals surface area contributed by atoms with Gasteiger partial charge < -0.3 is 5.73 Å². The molecule has 0 aromatic heterocycles. The van der Waals surface area contributed by atoms with E-state index in [4.69, 9.17) is 5.73 Å². The average Bonchev–Trinajstić information content (AvgIpc) is 2.25. The maximum Gasteiger partial charge on any atom is 0.0346 e. The number of anilines is 1. The molecule has 1 rings (SSSR count). The Kier molecular flexibility index (Phi) is 4.63. The van der Waals surface area contributed by atoms with Gasteiger partial charge in [-0.2, -0.15) is 0 Å². The largest absolute Gasteiger partial charge is 0.399 e. The lowest BCUT2D eigenvalue weighted by molar-refractivity contribution is 0.213. The molecule has 1 atom stereocenters. The quantitative estimate of drug-likeness (QED) is 0.750. The maximum absolute atomic E-state index is 5.82. The highest BCUT2D eigenvalue weighted by Gasteiger charge is 2.15. The van der Waals surface area contributed by atoms with Gasteiger partial charge in [0.2, 0.25) is 0 Å². The number of hydrogen-bond acceptors (Lipinski definition) is 2. The predicted molar refractivity (Wildman–Crippen MR) is 66.8 cm³/mol. The zero-order valence-corrected chi connectivity index (χ0v) is 10.0. The molecular weight excluding hydrogens is 184 g/mol.